The lowest BCUT2D eigenvalue weighted by Gasteiger charge is -2.06. The first-order chi connectivity index (χ1) is 14.3. The fourth-order valence-corrected chi connectivity index (χ4v) is 3.76. The summed E-state index contributed by atoms with van der Waals surface area (Å²) in [5.74, 6) is 2.39. The molecule has 0 aliphatic heterocycles. The summed E-state index contributed by atoms with van der Waals surface area (Å²) >= 11 is 1.63. The summed E-state index contributed by atoms with van der Waals surface area (Å²) < 4.78 is 10.6. The van der Waals surface area contributed by atoms with Crippen LogP contribution < -0.4 is 9.47 Å². The second-order valence-electron chi connectivity index (χ2n) is 6.33. The van der Waals surface area contributed by atoms with Gasteiger partial charge in [0.2, 0.25) is 0 Å². The third-order valence-corrected chi connectivity index (χ3v) is 5.41. The third kappa shape index (κ3) is 4.43. The van der Waals surface area contributed by atoms with Crippen molar-refractivity contribution in [1.29, 1.82) is 0 Å². The lowest BCUT2D eigenvalue weighted by Crippen LogP contribution is -1.87. The molecule has 0 atom stereocenters. The van der Waals surface area contributed by atoms with Crippen molar-refractivity contribution >= 4 is 11.8 Å². The lowest BCUT2D eigenvalue weighted by molar-refractivity contribution is 0.414. The van der Waals surface area contributed by atoms with Crippen LogP contribution >= 0.6 is 11.8 Å². The Balaban J connectivity index is 1.68. The van der Waals surface area contributed by atoms with Crippen LogP contribution in [0.1, 0.15) is 5.69 Å². The van der Waals surface area contributed by atoms with Crippen LogP contribution in [0.5, 0.6) is 11.5 Å². The Labute approximate surface area is 174 Å². The van der Waals surface area contributed by atoms with Gasteiger partial charge in [0.25, 0.3) is 0 Å². The Hall–Kier alpha value is -3.25. The van der Waals surface area contributed by atoms with Gasteiger partial charge in [0.05, 0.1) is 31.3 Å². The van der Waals surface area contributed by atoms with Gasteiger partial charge in [0, 0.05) is 23.1 Å². The number of pyridine rings is 1. The highest BCUT2D eigenvalue weighted by atomic mass is 32.2. The second kappa shape index (κ2) is 8.84. The fraction of sp³-hybridized carbons (Fsp3) is 0.130. The number of rotatable bonds is 7. The summed E-state index contributed by atoms with van der Waals surface area (Å²) in [7, 11) is 3.33. The smallest absolute Gasteiger partial charge is 0.166 e. The summed E-state index contributed by atoms with van der Waals surface area (Å²) in [6.45, 7) is 0. The highest BCUT2D eigenvalue weighted by Gasteiger charge is 2.15. The van der Waals surface area contributed by atoms with Crippen molar-refractivity contribution in [2.75, 3.05) is 14.2 Å². The van der Waals surface area contributed by atoms with Crippen LogP contribution in [-0.2, 0) is 5.75 Å². The van der Waals surface area contributed by atoms with E-state index >= 15 is 0 Å². The van der Waals surface area contributed by atoms with Crippen molar-refractivity contribution in [3.63, 3.8) is 0 Å². The van der Waals surface area contributed by atoms with Crippen LogP contribution in [0, 0.1) is 0 Å². The van der Waals surface area contributed by atoms with E-state index in [1.54, 1.807) is 26.0 Å². The van der Waals surface area contributed by atoms with Crippen molar-refractivity contribution < 1.29 is 9.47 Å². The number of thioether (sulfide) groups is 1. The van der Waals surface area contributed by atoms with Crippen molar-refractivity contribution in [2.45, 2.75) is 10.9 Å². The molecule has 29 heavy (non-hydrogen) atoms. The molecule has 1 N–H and O–H groups in total. The minimum absolute atomic E-state index is 0.748. The van der Waals surface area contributed by atoms with Crippen molar-refractivity contribution in [3.8, 4) is 34.0 Å². The summed E-state index contributed by atoms with van der Waals surface area (Å²) in [5.41, 5.74) is 4.97. The number of aromatic nitrogens is 3. The van der Waals surface area contributed by atoms with Gasteiger partial charge >= 0.3 is 0 Å². The van der Waals surface area contributed by atoms with Crippen molar-refractivity contribution in [1.82, 2.24) is 15.0 Å². The number of ether oxygens (including phenoxy) is 2. The highest BCUT2D eigenvalue weighted by Crippen LogP contribution is 2.34. The molecule has 0 aliphatic carbocycles. The van der Waals surface area contributed by atoms with E-state index in [0.29, 0.717) is 0 Å². The quantitative estimate of drug-likeness (QED) is 0.416. The van der Waals surface area contributed by atoms with Gasteiger partial charge in [-0.15, -0.1) is 0 Å². The Morgan fingerprint density at radius 2 is 1.48 bits per heavy atom. The van der Waals surface area contributed by atoms with Gasteiger partial charge < -0.3 is 14.5 Å². The SMILES string of the molecule is COc1ccc(-c2nc(SCc3ccccn3)[nH]c2-c2ccc(OC)cc2)cc1. The maximum absolute atomic E-state index is 5.29. The number of benzene rings is 2. The van der Waals surface area contributed by atoms with Gasteiger partial charge in [-0.1, -0.05) is 17.8 Å². The number of aromatic amines is 1. The van der Waals surface area contributed by atoms with Crippen molar-refractivity contribution in [3.05, 3.63) is 78.6 Å². The van der Waals surface area contributed by atoms with E-state index in [0.717, 1.165) is 50.6 Å². The van der Waals surface area contributed by atoms with E-state index in [9.17, 15) is 0 Å². The van der Waals surface area contributed by atoms with Gasteiger partial charge in [-0.2, -0.15) is 0 Å². The standard InChI is InChI=1S/C23H21N3O2S/c1-27-19-10-6-16(7-11-19)21-22(17-8-12-20(28-2)13-9-17)26-23(25-21)29-15-18-5-3-4-14-24-18/h3-14H,15H2,1-2H3,(H,25,26). The van der Waals surface area contributed by atoms with Crippen LogP contribution in [0.3, 0.4) is 0 Å². The summed E-state index contributed by atoms with van der Waals surface area (Å²) in [5, 5.41) is 0.854. The monoisotopic (exact) mass is 403 g/mol. The number of hydrogen-bond donors (Lipinski definition) is 1. The molecular weight excluding hydrogens is 382 g/mol. The number of methoxy groups -OCH3 is 2. The minimum atomic E-state index is 0.748. The van der Waals surface area contributed by atoms with E-state index in [2.05, 4.69) is 9.97 Å². The lowest BCUT2D eigenvalue weighted by atomic mass is 10.0. The molecule has 2 heterocycles. The van der Waals surface area contributed by atoms with Gasteiger partial charge in [0.1, 0.15) is 11.5 Å². The molecule has 4 rings (SSSR count). The van der Waals surface area contributed by atoms with Crippen LogP contribution in [0.15, 0.2) is 78.1 Å². The van der Waals surface area contributed by atoms with E-state index in [1.165, 1.54) is 0 Å². The molecule has 0 fully saturated rings. The molecule has 0 spiro atoms. The predicted octanol–water partition coefficient (Wildman–Crippen LogP) is 5.45. The molecule has 2 aromatic heterocycles. The summed E-state index contributed by atoms with van der Waals surface area (Å²) in [6.07, 6.45) is 1.81. The second-order valence-corrected chi connectivity index (χ2v) is 7.30. The van der Waals surface area contributed by atoms with Crippen molar-refractivity contribution in [2.24, 2.45) is 0 Å². The summed E-state index contributed by atoms with van der Waals surface area (Å²) in [4.78, 5) is 12.7. The maximum Gasteiger partial charge on any atom is 0.166 e. The van der Waals surface area contributed by atoms with Crippen LogP contribution in [0.2, 0.25) is 0 Å². The van der Waals surface area contributed by atoms with Gasteiger partial charge in [-0.05, 0) is 60.7 Å². The Morgan fingerprint density at radius 3 is 2.07 bits per heavy atom. The molecular formula is C23H21N3O2S. The molecule has 2 aromatic carbocycles. The number of nitrogens with zero attached hydrogens (tertiary/aromatic N) is 2. The average molecular weight is 404 g/mol. The van der Waals surface area contributed by atoms with Crippen LogP contribution in [-0.4, -0.2) is 29.2 Å². The molecule has 146 valence electrons. The Kier molecular flexibility index (Phi) is 5.81. The molecule has 0 saturated heterocycles. The van der Waals surface area contributed by atoms with Gasteiger partial charge in [-0.3, -0.25) is 4.98 Å². The zero-order valence-corrected chi connectivity index (χ0v) is 17.1. The first kappa shape index (κ1) is 19.1. The number of hydrogen-bond acceptors (Lipinski definition) is 5. The normalized spacial score (nSPS) is 10.7. The molecule has 0 amide bonds. The van der Waals surface area contributed by atoms with E-state index in [1.807, 2.05) is 72.9 Å². The Morgan fingerprint density at radius 1 is 0.828 bits per heavy atom. The van der Waals surface area contributed by atoms with Gasteiger partial charge in [-0.25, -0.2) is 4.98 Å². The van der Waals surface area contributed by atoms with E-state index in [4.69, 9.17) is 14.5 Å². The van der Waals surface area contributed by atoms with Gasteiger partial charge in [0.15, 0.2) is 5.16 Å². The molecule has 5 nitrogen and oxygen atoms in total. The zero-order valence-electron chi connectivity index (χ0n) is 16.3. The molecule has 0 bridgehead atoms. The topological polar surface area (TPSA) is 60.0 Å². The first-order valence-corrected chi connectivity index (χ1v) is 10.2. The van der Waals surface area contributed by atoms with E-state index < -0.39 is 0 Å². The average Bonchev–Trinajstić information content (AvgIpc) is 3.23. The molecule has 4 aromatic rings. The largest absolute Gasteiger partial charge is 0.497 e. The van der Waals surface area contributed by atoms with E-state index in [-0.39, 0.29) is 0 Å². The maximum atomic E-state index is 5.29. The fourth-order valence-electron chi connectivity index (χ4n) is 2.97. The number of imidazole rings is 1. The van der Waals surface area contributed by atoms with Crippen LogP contribution in [0.25, 0.3) is 22.5 Å². The molecule has 0 saturated carbocycles. The molecule has 0 aliphatic rings. The predicted molar refractivity (Wildman–Crippen MR) is 116 cm³/mol. The first-order valence-electron chi connectivity index (χ1n) is 9.18. The minimum Gasteiger partial charge on any atom is -0.497 e. The highest BCUT2D eigenvalue weighted by molar-refractivity contribution is 7.98. The molecule has 0 unspecified atom stereocenters. The third-order valence-electron chi connectivity index (χ3n) is 4.51. The zero-order chi connectivity index (χ0) is 20.1. The molecule has 0 radical (unpaired) electrons. The number of H-pyrrole nitrogens is 1. The van der Waals surface area contributed by atoms with Crippen LogP contribution in [0.4, 0.5) is 0 Å². The molecule has 6 heteroatoms. The number of nitrogens with one attached hydrogen (secondary N) is 1. The summed E-state index contributed by atoms with van der Waals surface area (Å²) in [6, 6.07) is 21.9. The Bertz CT molecular complexity index is 997.